The van der Waals surface area contributed by atoms with Crippen LogP contribution in [0.5, 0.6) is 0 Å². The van der Waals surface area contributed by atoms with Crippen molar-refractivity contribution < 1.29 is 13.2 Å². The quantitative estimate of drug-likeness (QED) is 0.321. The van der Waals surface area contributed by atoms with Crippen LogP contribution in [-0.4, -0.2) is 0 Å². The standard InChI is InChI=1S/C24H27F3/c1-2-3-4-5-15-6-8-16(9-7-15)17-10-11-19-18(12-17)13-21-20(19)14-22(25)24(27)23(21)26/h10-12,14-16H,2-9,13H2,1H3/t15-,16-. The molecular weight excluding hydrogens is 345 g/mol. The highest BCUT2D eigenvalue weighted by Gasteiger charge is 2.28. The zero-order chi connectivity index (χ0) is 19.0. The van der Waals surface area contributed by atoms with E-state index in [-0.39, 0.29) is 0 Å². The Morgan fingerprint density at radius 3 is 2.41 bits per heavy atom. The van der Waals surface area contributed by atoms with Gasteiger partial charge in [-0.25, -0.2) is 13.2 Å². The predicted molar refractivity (Wildman–Crippen MR) is 103 cm³/mol. The number of hydrogen-bond acceptors (Lipinski definition) is 0. The van der Waals surface area contributed by atoms with Gasteiger partial charge in [-0.3, -0.25) is 0 Å². The van der Waals surface area contributed by atoms with E-state index in [1.807, 2.05) is 6.07 Å². The van der Waals surface area contributed by atoms with E-state index in [1.165, 1.54) is 56.9 Å². The number of halogens is 3. The molecule has 27 heavy (non-hydrogen) atoms. The van der Waals surface area contributed by atoms with Crippen LogP contribution in [0.15, 0.2) is 24.3 Å². The van der Waals surface area contributed by atoms with Crippen LogP contribution in [0.4, 0.5) is 13.2 Å². The summed E-state index contributed by atoms with van der Waals surface area (Å²) in [4.78, 5) is 0. The molecule has 2 aliphatic carbocycles. The fraction of sp³-hybridized carbons (Fsp3) is 0.500. The molecule has 0 atom stereocenters. The molecule has 0 aromatic heterocycles. The maximum Gasteiger partial charge on any atom is 0.194 e. The molecule has 2 aromatic rings. The van der Waals surface area contributed by atoms with Crippen molar-refractivity contribution in [2.45, 2.75) is 70.6 Å². The summed E-state index contributed by atoms with van der Waals surface area (Å²) >= 11 is 0. The van der Waals surface area contributed by atoms with E-state index in [0.717, 1.165) is 23.1 Å². The molecule has 0 radical (unpaired) electrons. The molecule has 0 spiro atoms. The molecule has 0 bridgehead atoms. The van der Waals surface area contributed by atoms with Crippen molar-refractivity contribution in [2.24, 2.45) is 5.92 Å². The fourth-order valence-electron chi connectivity index (χ4n) is 4.98. The van der Waals surface area contributed by atoms with Gasteiger partial charge in [0.25, 0.3) is 0 Å². The lowest BCUT2D eigenvalue weighted by Crippen LogP contribution is -2.13. The van der Waals surface area contributed by atoms with Gasteiger partial charge in [0.15, 0.2) is 17.5 Å². The van der Waals surface area contributed by atoms with E-state index in [4.69, 9.17) is 0 Å². The molecule has 4 rings (SSSR count). The third kappa shape index (κ3) is 3.53. The highest BCUT2D eigenvalue weighted by Crippen LogP contribution is 2.43. The molecule has 0 unspecified atom stereocenters. The van der Waals surface area contributed by atoms with Crippen LogP contribution in [0.25, 0.3) is 11.1 Å². The molecule has 3 heteroatoms. The monoisotopic (exact) mass is 372 g/mol. The van der Waals surface area contributed by atoms with Crippen LogP contribution in [0.1, 0.15) is 80.9 Å². The van der Waals surface area contributed by atoms with Crippen LogP contribution in [0.3, 0.4) is 0 Å². The molecule has 2 aliphatic rings. The molecule has 0 saturated heterocycles. The molecule has 0 heterocycles. The maximum absolute atomic E-state index is 14.1. The first kappa shape index (κ1) is 18.6. The van der Waals surface area contributed by atoms with Crippen molar-refractivity contribution in [1.82, 2.24) is 0 Å². The van der Waals surface area contributed by atoms with E-state index >= 15 is 0 Å². The first-order valence-electron chi connectivity index (χ1n) is 10.4. The predicted octanol–water partition coefficient (Wildman–Crippen LogP) is 7.53. The third-order valence-corrected chi connectivity index (χ3v) is 6.58. The Morgan fingerprint density at radius 1 is 0.889 bits per heavy atom. The molecular formula is C24H27F3. The highest BCUT2D eigenvalue weighted by atomic mass is 19.2. The highest BCUT2D eigenvalue weighted by molar-refractivity contribution is 5.77. The first-order chi connectivity index (χ1) is 13.1. The Hall–Kier alpha value is -1.77. The Balaban J connectivity index is 1.48. The zero-order valence-electron chi connectivity index (χ0n) is 16.0. The summed E-state index contributed by atoms with van der Waals surface area (Å²) in [5, 5.41) is 0. The molecule has 1 saturated carbocycles. The molecule has 144 valence electrons. The van der Waals surface area contributed by atoms with Crippen LogP contribution in [-0.2, 0) is 6.42 Å². The number of rotatable bonds is 5. The van der Waals surface area contributed by atoms with Crippen molar-refractivity contribution in [3.05, 3.63) is 58.4 Å². The molecule has 0 N–H and O–H groups in total. The van der Waals surface area contributed by atoms with Crippen molar-refractivity contribution in [1.29, 1.82) is 0 Å². The van der Waals surface area contributed by atoms with Crippen molar-refractivity contribution in [2.75, 3.05) is 0 Å². The summed E-state index contributed by atoms with van der Waals surface area (Å²) < 4.78 is 41.3. The SMILES string of the molecule is CCCCC[C@H]1CC[C@H](c2ccc3c(c2)Cc2c-3cc(F)c(F)c2F)CC1. The molecule has 0 aliphatic heterocycles. The minimum Gasteiger partial charge on any atom is -0.204 e. The van der Waals surface area contributed by atoms with Crippen molar-refractivity contribution in [3.63, 3.8) is 0 Å². The summed E-state index contributed by atoms with van der Waals surface area (Å²) in [5.41, 5.74) is 3.94. The third-order valence-electron chi connectivity index (χ3n) is 6.58. The topological polar surface area (TPSA) is 0 Å². The van der Waals surface area contributed by atoms with Crippen LogP contribution < -0.4 is 0 Å². The van der Waals surface area contributed by atoms with Gasteiger partial charge in [-0.2, -0.15) is 0 Å². The Kier molecular flexibility index (Phi) is 5.29. The number of fused-ring (bicyclic) bond motifs is 3. The maximum atomic E-state index is 14.1. The van der Waals surface area contributed by atoms with Crippen LogP contribution in [0, 0.1) is 23.4 Å². The minimum atomic E-state index is -1.36. The van der Waals surface area contributed by atoms with Crippen LogP contribution >= 0.6 is 0 Å². The second-order valence-electron chi connectivity index (χ2n) is 8.32. The summed E-state index contributed by atoms with van der Waals surface area (Å²) in [6.07, 6.45) is 10.7. The van der Waals surface area contributed by atoms with Gasteiger partial charge in [-0.05, 0) is 65.8 Å². The number of hydrogen-bond donors (Lipinski definition) is 0. The van der Waals surface area contributed by atoms with E-state index in [2.05, 4.69) is 19.1 Å². The molecule has 1 fully saturated rings. The second-order valence-corrected chi connectivity index (χ2v) is 8.32. The smallest absolute Gasteiger partial charge is 0.194 e. The van der Waals surface area contributed by atoms with Gasteiger partial charge in [0.05, 0.1) is 0 Å². The van der Waals surface area contributed by atoms with Gasteiger partial charge >= 0.3 is 0 Å². The number of benzene rings is 2. The summed E-state index contributed by atoms with van der Waals surface area (Å²) in [6.45, 7) is 2.25. The molecule has 2 aromatic carbocycles. The number of unbranched alkanes of at least 4 members (excludes halogenated alkanes) is 2. The van der Waals surface area contributed by atoms with Gasteiger partial charge in [0, 0.05) is 12.0 Å². The van der Waals surface area contributed by atoms with Gasteiger partial charge < -0.3 is 0 Å². The first-order valence-corrected chi connectivity index (χ1v) is 10.4. The Morgan fingerprint density at radius 2 is 1.67 bits per heavy atom. The lowest BCUT2D eigenvalue weighted by molar-refractivity contribution is 0.303. The normalized spacial score (nSPS) is 21.2. The Bertz CT molecular complexity index is 832. The average molecular weight is 372 g/mol. The lowest BCUT2D eigenvalue weighted by atomic mass is 9.76. The van der Waals surface area contributed by atoms with E-state index < -0.39 is 17.5 Å². The van der Waals surface area contributed by atoms with Crippen LogP contribution in [0.2, 0.25) is 0 Å². The second kappa shape index (κ2) is 7.69. The van der Waals surface area contributed by atoms with Gasteiger partial charge in [-0.15, -0.1) is 0 Å². The average Bonchev–Trinajstić information content (AvgIpc) is 3.05. The zero-order valence-corrected chi connectivity index (χ0v) is 16.0. The minimum absolute atomic E-state index is 0.292. The Labute approximate surface area is 159 Å². The van der Waals surface area contributed by atoms with Gasteiger partial charge in [0.1, 0.15) is 0 Å². The summed E-state index contributed by atoms with van der Waals surface area (Å²) in [5.74, 6) is -2.07. The van der Waals surface area contributed by atoms with Gasteiger partial charge in [-0.1, -0.05) is 50.8 Å². The fourth-order valence-corrected chi connectivity index (χ4v) is 4.98. The molecule has 0 amide bonds. The van der Waals surface area contributed by atoms with Gasteiger partial charge in [0.2, 0.25) is 0 Å². The lowest BCUT2D eigenvalue weighted by Gasteiger charge is -2.29. The van der Waals surface area contributed by atoms with Crippen molar-refractivity contribution >= 4 is 0 Å². The van der Waals surface area contributed by atoms with E-state index in [9.17, 15) is 13.2 Å². The van der Waals surface area contributed by atoms with Crippen molar-refractivity contribution in [3.8, 4) is 11.1 Å². The van der Waals surface area contributed by atoms with E-state index in [0.29, 0.717) is 23.5 Å². The largest absolute Gasteiger partial charge is 0.204 e. The summed E-state index contributed by atoms with van der Waals surface area (Å²) in [7, 11) is 0. The summed E-state index contributed by atoms with van der Waals surface area (Å²) in [6, 6.07) is 7.36. The molecule has 0 nitrogen and oxygen atoms in total. The van der Waals surface area contributed by atoms with E-state index in [1.54, 1.807) is 0 Å².